The van der Waals surface area contributed by atoms with E-state index >= 15 is 0 Å². The molecule has 5 nitrogen and oxygen atoms in total. The molecular weight excluding hydrogens is 288 g/mol. The molecule has 1 fully saturated rings. The molecule has 0 spiro atoms. The van der Waals surface area contributed by atoms with Gasteiger partial charge >= 0.3 is 10.1 Å². The Labute approximate surface area is 125 Å². The molecule has 112 valence electrons. The van der Waals surface area contributed by atoms with Crippen molar-refractivity contribution in [1.82, 2.24) is 0 Å². The van der Waals surface area contributed by atoms with Crippen molar-refractivity contribution in [3.05, 3.63) is 30.3 Å². The molecule has 1 aromatic carbocycles. The van der Waals surface area contributed by atoms with Gasteiger partial charge in [-0.05, 0) is 44.7 Å². The maximum absolute atomic E-state index is 11.9. The first-order chi connectivity index (χ1) is 10.0. The lowest BCUT2D eigenvalue weighted by Gasteiger charge is -2.23. The Balaban J connectivity index is 2.00. The maximum Gasteiger partial charge on any atom is 0.358 e. The average molecular weight is 306 g/mol. The Morgan fingerprint density at radius 3 is 2.43 bits per heavy atom. The van der Waals surface area contributed by atoms with Gasteiger partial charge in [-0.1, -0.05) is 23.4 Å². The third-order valence-electron chi connectivity index (χ3n) is 3.81. The summed E-state index contributed by atoms with van der Waals surface area (Å²) in [5, 5.41) is 12.7. The summed E-state index contributed by atoms with van der Waals surface area (Å²) in [7, 11) is -3.85. The first-order valence-electron chi connectivity index (χ1n) is 6.95. The number of nitrogens with zero attached hydrogens (tertiary/aromatic N) is 2. The third-order valence-corrected chi connectivity index (χ3v) is 4.93. The molecule has 6 heteroatoms. The van der Waals surface area contributed by atoms with Crippen molar-refractivity contribution >= 4 is 15.8 Å². The van der Waals surface area contributed by atoms with Crippen LogP contribution in [0.4, 0.5) is 0 Å². The fraction of sp³-hybridized carbons (Fsp3) is 0.467. The van der Waals surface area contributed by atoms with Gasteiger partial charge in [0.1, 0.15) is 4.90 Å². The Morgan fingerprint density at radius 1 is 1.24 bits per heavy atom. The molecule has 0 N–H and O–H groups in total. The zero-order valence-electron chi connectivity index (χ0n) is 11.9. The van der Waals surface area contributed by atoms with Crippen LogP contribution in [0.1, 0.15) is 32.6 Å². The largest absolute Gasteiger partial charge is 0.358 e. The minimum Gasteiger partial charge on any atom is -0.265 e. The van der Waals surface area contributed by atoms with Crippen molar-refractivity contribution < 1.29 is 12.7 Å². The third kappa shape index (κ3) is 4.05. The monoisotopic (exact) mass is 306 g/mol. The normalized spacial score (nSPS) is 23.3. The fourth-order valence-corrected chi connectivity index (χ4v) is 3.25. The Bertz CT molecular complexity index is 639. The van der Waals surface area contributed by atoms with Gasteiger partial charge in [-0.15, -0.1) is 0 Å². The lowest BCUT2D eigenvalue weighted by atomic mass is 9.81. The molecule has 1 aliphatic rings. The molecule has 0 heterocycles. The van der Waals surface area contributed by atoms with E-state index in [9.17, 15) is 8.42 Å². The van der Waals surface area contributed by atoms with E-state index in [0.717, 1.165) is 25.7 Å². The summed E-state index contributed by atoms with van der Waals surface area (Å²) in [4.78, 5) is 0.0924. The van der Waals surface area contributed by atoms with Crippen LogP contribution in [-0.2, 0) is 14.4 Å². The van der Waals surface area contributed by atoms with Gasteiger partial charge in [0.2, 0.25) is 0 Å². The summed E-state index contributed by atoms with van der Waals surface area (Å²) in [6.45, 7) is 1.78. The second-order valence-corrected chi connectivity index (χ2v) is 6.78. The highest BCUT2D eigenvalue weighted by Gasteiger charge is 2.24. The average Bonchev–Trinajstić information content (AvgIpc) is 2.53. The molecule has 1 aliphatic carbocycles. The van der Waals surface area contributed by atoms with Gasteiger partial charge in [-0.3, -0.25) is 4.28 Å². The van der Waals surface area contributed by atoms with E-state index in [1.807, 2.05) is 0 Å². The highest BCUT2D eigenvalue weighted by Crippen LogP contribution is 2.29. The SMILES string of the molecule is CC(=NOS(=O)(=O)c1ccccc1)C1CCC(C#N)CC1. The second-order valence-electron chi connectivity index (χ2n) is 5.25. The summed E-state index contributed by atoms with van der Waals surface area (Å²) < 4.78 is 28.7. The number of benzene rings is 1. The predicted molar refractivity (Wildman–Crippen MR) is 78.9 cm³/mol. The minimum absolute atomic E-state index is 0.0924. The zero-order chi connectivity index (χ0) is 15.3. The van der Waals surface area contributed by atoms with Gasteiger partial charge in [0, 0.05) is 11.8 Å². The van der Waals surface area contributed by atoms with Crippen LogP contribution in [0.5, 0.6) is 0 Å². The molecule has 21 heavy (non-hydrogen) atoms. The van der Waals surface area contributed by atoms with E-state index in [2.05, 4.69) is 11.2 Å². The van der Waals surface area contributed by atoms with Gasteiger partial charge in [0.05, 0.1) is 11.8 Å². The molecule has 0 unspecified atom stereocenters. The molecule has 0 saturated heterocycles. The topological polar surface area (TPSA) is 79.5 Å². The van der Waals surface area contributed by atoms with E-state index in [4.69, 9.17) is 9.55 Å². The Morgan fingerprint density at radius 2 is 1.86 bits per heavy atom. The van der Waals surface area contributed by atoms with Crippen LogP contribution in [0.2, 0.25) is 0 Å². The van der Waals surface area contributed by atoms with Crippen LogP contribution >= 0.6 is 0 Å². The van der Waals surface area contributed by atoms with Crippen LogP contribution in [0, 0.1) is 23.2 Å². The Hall–Kier alpha value is -1.87. The quantitative estimate of drug-likeness (QED) is 0.632. The summed E-state index contributed by atoms with van der Waals surface area (Å²) in [5.74, 6) is 0.309. The van der Waals surface area contributed by atoms with Crippen LogP contribution in [-0.4, -0.2) is 14.1 Å². The Kier molecular flexibility index (Phi) is 4.97. The molecule has 0 aliphatic heterocycles. The van der Waals surface area contributed by atoms with E-state index in [1.165, 1.54) is 12.1 Å². The maximum atomic E-state index is 11.9. The highest BCUT2D eigenvalue weighted by atomic mass is 32.2. The van der Waals surface area contributed by atoms with Crippen LogP contribution in [0.3, 0.4) is 0 Å². The van der Waals surface area contributed by atoms with Gasteiger partial charge in [-0.2, -0.15) is 13.7 Å². The number of nitriles is 1. The van der Waals surface area contributed by atoms with Crippen molar-refractivity contribution in [2.24, 2.45) is 17.0 Å². The van der Waals surface area contributed by atoms with Crippen LogP contribution < -0.4 is 0 Å². The van der Waals surface area contributed by atoms with Crippen molar-refractivity contribution in [2.45, 2.75) is 37.5 Å². The molecule has 0 radical (unpaired) electrons. The number of oxime groups is 1. The number of hydrogen-bond acceptors (Lipinski definition) is 5. The highest BCUT2D eigenvalue weighted by molar-refractivity contribution is 7.86. The van der Waals surface area contributed by atoms with Gasteiger partial charge in [-0.25, -0.2) is 0 Å². The second kappa shape index (κ2) is 6.72. The lowest BCUT2D eigenvalue weighted by molar-refractivity contribution is 0.324. The molecule has 1 aromatic rings. The summed E-state index contributed by atoms with van der Waals surface area (Å²) in [6.07, 6.45) is 3.36. The molecule has 1 saturated carbocycles. The van der Waals surface area contributed by atoms with Gasteiger partial charge < -0.3 is 0 Å². The molecule has 0 amide bonds. The summed E-state index contributed by atoms with van der Waals surface area (Å²) in [6, 6.07) is 10.2. The predicted octanol–water partition coefficient (Wildman–Crippen LogP) is 3.10. The molecule has 0 aromatic heterocycles. The standard InChI is InChI=1S/C15H18N2O3S/c1-12(14-9-7-13(11-16)8-10-14)17-20-21(18,19)15-5-3-2-4-6-15/h2-6,13-14H,7-10H2,1H3. The zero-order valence-corrected chi connectivity index (χ0v) is 12.7. The van der Waals surface area contributed by atoms with E-state index < -0.39 is 10.1 Å². The van der Waals surface area contributed by atoms with Crippen molar-refractivity contribution in [2.75, 3.05) is 0 Å². The van der Waals surface area contributed by atoms with Crippen LogP contribution in [0.25, 0.3) is 0 Å². The molecule has 0 atom stereocenters. The summed E-state index contributed by atoms with van der Waals surface area (Å²) in [5.41, 5.74) is 0.672. The van der Waals surface area contributed by atoms with Crippen molar-refractivity contribution in [3.63, 3.8) is 0 Å². The summed E-state index contributed by atoms with van der Waals surface area (Å²) >= 11 is 0. The van der Waals surface area contributed by atoms with E-state index in [1.54, 1.807) is 25.1 Å². The van der Waals surface area contributed by atoms with Gasteiger partial charge in [0.15, 0.2) is 0 Å². The van der Waals surface area contributed by atoms with E-state index in [-0.39, 0.29) is 16.7 Å². The van der Waals surface area contributed by atoms with E-state index in [0.29, 0.717) is 5.71 Å². The molecule has 2 rings (SSSR count). The first-order valence-corrected chi connectivity index (χ1v) is 8.36. The van der Waals surface area contributed by atoms with Gasteiger partial charge in [0.25, 0.3) is 0 Å². The molecule has 0 bridgehead atoms. The van der Waals surface area contributed by atoms with Crippen molar-refractivity contribution in [3.8, 4) is 6.07 Å². The fourth-order valence-electron chi connectivity index (χ4n) is 2.45. The number of hydrogen-bond donors (Lipinski definition) is 0. The number of rotatable bonds is 4. The lowest BCUT2D eigenvalue weighted by Crippen LogP contribution is -2.20. The minimum atomic E-state index is -3.85. The smallest absolute Gasteiger partial charge is 0.265 e. The first kappa shape index (κ1) is 15.5. The molecular formula is C15H18N2O3S. The van der Waals surface area contributed by atoms with Crippen molar-refractivity contribution in [1.29, 1.82) is 5.26 Å². The van der Waals surface area contributed by atoms with Crippen LogP contribution in [0.15, 0.2) is 40.4 Å².